The zero-order valence-corrected chi connectivity index (χ0v) is 8.59. The predicted octanol–water partition coefficient (Wildman–Crippen LogP) is 2.51. The van der Waals surface area contributed by atoms with Crippen LogP contribution >= 0.6 is 11.3 Å². The Kier molecular flexibility index (Phi) is 2.47. The normalized spacial score (nSPS) is 11.2. The van der Waals surface area contributed by atoms with Gasteiger partial charge in [-0.1, -0.05) is 0 Å². The summed E-state index contributed by atoms with van der Waals surface area (Å²) in [7, 11) is 0. The topological polar surface area (TPSA) is 76.2 Å². The molecule has 0 aliphatic carbocycles. The number of aromatic nitrogens is 1. The third kappa shape index (κ3) is 1.69. The Labute approximate surface area is 92.3 Å². The summed E-state index contributed by atoms with van der Waals surface area (Å²) in [4.78, 5) is 14.4. The van der Waals surface area contributed by atoms with E-state index < -0.39 is 12.4 Å². The van der Waals surface area contributed by atoms with Crippen molar-refractivity contribution in [3.05, 3.63) is 22.7 Å². The number of thiazole rings is 1. The summed E-state index contributed by atoms with van der Waals surface area (Å²) in [6, 6.07) is 2.55. The van der Waals surface area contributed by atoms with Gasteiger partial charge >= 0.3 is 5.97 Å². The van der Waals surface area contributed by atoms with Gasteiger partial charge in [-0.05, 0) is 12.1 Å². The largest absolute Gasteiger partial charge is 0.478 e. The molecule has 3 N–H and O–H groups in total. The molecular weight excluding hydrogens is 238 g/mol. The fourth-order valence-electron chi connectivity index (χ4n) is 1.29. The van der Waals surface area contributed by atoms with Crippen LogP contribution in [-0.2, 0) is 0 Å². The number of fused-ring (bicyclic) bond motifs is 1. The lowest BCUT2D eigenvalue weighted by atomic mass is 10.2. The van der Waals surface area contributed by atoms with Crippen LogP contribution in [-0.4, -0.2) is 16.1 Å². The highest BCUT2D eigenvalue weighted by atomic mass is 32.1. The minimum absolute atomic E-state index is 0.0196. The Hall–Kier alpha value is -1.76. The fraction of sp³-hybridized carbons (Fsp3) is 0.111. The van der Waals surface area contributed by atoms with Crippen molar-refractivity contribution in [2.45, 2.75) is 6.43 Å². The van der Waals surface area contributed by atoms with Crippen LogP contribution in [0.5, 0.6) is 0 Å². The molecule has 0 fully saturated rings. The van der Waals surface area contributed by atoms with E-state index in [1.54, 1.807) is 0 Å². The van der Waals surface area contributed by atoms with Gasteiger partial charge in [0.05, 0.1) is 15.8 Å². The molecule has 2 aromatic rings. The molecule has 0 atom stereocenters. The van der Waals surface area contributed by atoms with E-state index in [1.807, 2.05) is 0 Å². The smallest absolute Gasteiger partial charge is 0.337 e. The molecule has 0 bridgehead atoms. The molecule has 1 heterocycles. The summed E-state index contributed by atoms with van der Waals surface area (Å²) in [5.41, 5.74) is 5.68. The van der Waals surface area contributed by atoms with Gasteiger partial charge in [0.1, 0.15) is 0 Å². The molecule has 84 valence electrons. The molecule has 4 nitrogen and oxygen atoms in total. The van der Waals surface area contributed by atoms with Crippen LogP contribution in [0.15, 0.2) is 12.1 Å². The summed E-state index contributed by atoms with van der Waals surface area (Å²) in [5, 5.41) is 8.46. The molecular formula is C9H6F2N2O2S. The quantitative estimate of drug-likeness (QED) is 0.796. The van der Waals surface area contributed by atoms with Crippen molar-refractivity contribution < 1.29 is 18.7 Å². The molecule has 1 aromatic carbocycles. The van der Waals surface area contributed by atoms with Crippen molar-refractivity contribution in [2.24, 2.45) is 0 Å². The highest BCUT2D eigenvalue weighted by Crippen LogP contribution is 2.31. The SMILES string of the molecule is Nc1cc2nc(C(F)F)sc2cc1C(=O)O. The summed E-state index contributed by atoms with van der Waals surface area (Å²) in [5.74, 6) is -1.19. The molecule has 2 rings (SSSR count). The van der Waals surface area contributed by atoms with Crippen LogP contribution in [0.1, 0.15) is 21.8 Å². The van der Waals surface area contributed by atoms with Gasteiger partial charge in [-0.25, -0.2) is 18.6 Å². The second-order valence-electron chi connectivity index (χ2n) is 3.07. The number of carboxylic acids is 1. The number of benzene rings is 1. The van der Waals surface area contributed by atoms with Gasteiger partial charge in [0.25, 0.3) is 6.43 Å². The number of rotatable bonds is 2. The third-order valence-electron chi connectivity index (χ3n) is 1.99. The molecule has 0 saturated carbocycles. The van der Waals surface area contributed by atoms with E-state index in [1.165, 1.54) is 12.1 Å². The van der Waals surface area contributed by atoms with E-state index >= 15 is 0 Å². The second-order valence-corrected chi connectivity index (χ2v) is 4.13. The predicted molar refractivity (Wildman–Crippen MR) is 55.9 cm³/mol. The number of carboxylic acid groups (broad SMARTS) is 1. The Bertz CT molecular complexity index is 568. The summed E-state index contributed by atoms with van der Waals surface area (Å²) in [6.45, 7) is 0. The lowest BCUT2D eigenvalue weighted by Crippen LogP contribution is -2.01. The first-order valence-electron chi connectivity index (χ1n) is 4.20. The van der Waals surface area contributed by atoms with Crippen molar-refractivity contribution >= 4 is 33.2 Å². The van der Waals surface area contributed by atoms with Crippen molar-refractivity contribution in [3.8, 4) is 0 Å². The number of nitrogens with two attached hydrogens (primary N) is 1. The van der Waals surface area contributed by atoms with Crippen LogP contribution in [0, 0.1) is 0 Å². The molecule has 0 radical (unpaired) electrons. The summed E-state index contributed by atoms with van der Waals surface area (Å²) in [6.07, 6.45) is -2.66. The molecule has 1 aromatic heterocycles. The average molecular weight is 244 g/mol. The monoisotopic (exact) mass is 244 g/mol. The molecule has 0 saturated heterocycles. The molecule has 0 spiro atoms. The third-order valence-corrected chi connectivity index (χ3v) is 3.02. The maximum atomic E-state index is 12.4. The Morgan fingerprint density at radius 2 is 2.19 bits per heavy atom. The van der Waals surface area contributed by atoms with E-state index in [4.69, 9.17) is 10.8 Å². The number of nitrogens with zero attached hydrogens (tertiary/aromatic N) is 1. The highest BCUT2D eigenvalue weighted by molar-refractivity contribution is 7.18. The maximum absolute atomic E-state index is 12.4. The van der Waals surface area contributed by atoms with Gasteiger partial charge in [0.2, 0.25) is 0 Å². The molecule has 0 aliphatic heterocycles. The van der Waals surface area contributed by atoms with Crippen molar-refractivity contribution in [1.29, 1.82) is 0 Å². The Morgan fingerprint density at radius 1 is 1.50 bits per heavy atom. The second kappa shape index (κ2) is 3.67. The van der Waals surface area contributed by atoms with Crippen LogP contribution in [0.3, 0.4) is 0 Å². The number of nitrogen functional groups attached to an aromatic ring is 1. The lowest BCUT2D eigenvalue weighted by Gasteiger charge is -1.98. The zero-order valence-electron chi connectivity index (χ0n) is 7.78. The average Bonchev–Trinajstić information content (AvgIpc) is 2.58. The van der Waals surface area contributed by atoms with Crippen LogP contribution in [0.2, 0.25) is 0 Å². The number of halogens is 2. The van der Waals surface area contributed by atoms with Crippen LogP contribution in [0.25, 0.3) is 10.2 Å². The van der Waals surface area contributed by atoms with Gasteiger partial charge in [-0.15, -0.1) is 11.3 Å². The van der Waals surface area contributed by atoms with E-state index in [0.29, 0.717) is 10.2 Å². The molecule has 16 heavy (non-hydrogen) atoms. The molecule has 0 amide bonds. The number of alkyl halides is 2. The van der Waals surface area contributed by atoms with Gasteiger partial charge in [-0.3, -0.25) is 0 Å². The zero-order chi connectivity index (χ0) is 11.9. The summed E-state index contributed by atoms with van der Waals surface area (Å²) < 4.78 is 25.1. The van der Waals surface area contributed by atoms with Gasteiger partial charge in [0, 0.05) is 5.69 Å². The first-order valence-corrected chi connectivity index (χ1v) is 5.02. The minimum Gasteiger partial charge on any atom is -0.478 e. The highest BCUT2D eigenvalue weighted by Gasteiger charge is 2.16. The lowest BCUT2D eigenvalue weighted by molar-refractivity contribution is 0.0698. The molecule has 0 aliphatic rings. The number of aromatic carboxylic acids is 1. The van der Waals surface area contributed by atoms with Crippen LogP contribution in [0.4, 0.5) is 14.5 Å². The standard InChI is InChI=1S/C9H6F2N2O2S/c10-7(11)8-13-5-2-4(12)3(9(14)15)1-6(5)16-8/h1-2,7H,12H2,(H,14,15). The van der Waals surface area contributed by atoms with Crippen LogP contribution < -0.4 is 5.73 Å². The maximum Gasteiger partial charge on any atom is 0.337 e. The van der Waals surface area contributed by atoms with Crippen molar-refractivity contribution in [1.82, 2.24) is 4.98 Å². The Morgan fingerprint density at radius 3 is 2.75 bits per heavy atom. The Balaban J connectivity index is 2.65. The van der Waals surface area contributed by atoms with Gasteiger partial charge in [0.15, 0.2) is 5.01 Å². The van der Waals surface area contributed by atoms with E-state index in [2.05, 4.69) is 4.98 Å². The van der Waals surface area contributed by atoms with Crippen molar-refractivity contribution in [2.75, 3.05) is 5.73 Å². The molecule has 0 unspecified atom stereocenters. The van der Waals surface area contributed by atoms with Gasteiger partial charge < -0.3 is 10.8 Å². The van der Waals surface area contributed by atoms with Crippen molar-refractivity contribution in [3.63, 3.8) is 0 Å². The number of carbonyl (C=O) groups is 1. The fourth-order valence-corrected chi connectivity index (χ4v) is 2.13. The van der Waals surface area contributed by atoms with Gasteiger partial charge in [-0.2, -0.15) is 0 Å². The number of anilines is 1. The number of hydrogen-bond acceptors (Lipinski definition) is 4. The minimum atomic E-state index is -2.66. The van der Waals surface area contributed by atoms with E-state index in [-0.39, 0.29) is 16.3 Å². The van der Waals surface area contributed by atoms with E-state index in [0.717, 1.165) is 11.3 Å². The summed E-state index contributed by atoms with van der Waals surface area (Å²) >= 11 is 0.766. The first-order chi connectivity index (χ1) is 7.49. The molecule has 7 heteroatoms. The number of hydrogen-bond donors (Lipinski definition) is 2. The first kappa shape index (κ1) is 10.7. The van der Waals surface area contributed by atoms with E-state index in [9.17, 15) is 13.6 Å².